The van der Waals surface area contributed by atoms with Gasteiger partial charge in [-0.15, -0.1) is 0 Å². The van der Waals surface area contributed by atoms with E-state index < -0.39 is 0 Å². The summed E-state index contributed by atoms with van der Waals surface area (Å²) in [6.45, 7) is 4.87. The van der Waals surface area contributed by atoms with Crippen LogP contribution < -0.4 is 14.8 Å². The molecule has 0 radical (unpaired) electrons. The van der Waals surface area contributed by atoms with Gasteiger partial charge in [0.05, 0.1) is 31.8 Å². The maximum atomic E-state index is 12.3. The molecule has 32 heavy (non-hydrogen) atoms. The molecule has 2 aromatic heterocycles. The van der Waals surface area contributed by atoms with E-state index in [4.69, 9.17) is 14.7 Å². The van der Waals surface area contributed by atoms with Crippen molar-refractivity contribution < 1.29 is 14.3 Å². The number of rotatable bonds is 10. The van der Waals surface area contributed by atoms with Crippen molar-refractivity contribution >= 4 is 5.91 Å². The van der Waals surface area contributed by atoms with Gasteiger partial charge in [-0.05, 0) is 43.5 Å². The third-order valence-electron chi connectivity index (χ3n) is 5.12. The van der Waals surface area contributed by atoms with Crippen molar-refractivity contribution in [3.05, 3.63) is 65.1 Å². The second-order valence-corrected chi connectivity index (χ2v) is 7.34. The van der Waals surface area contributed by atoms with Crippen molar-refractivity contribution in [1.82, 2.24) is 20.1 Å². The minimum absolute atomic E-state index is 0.0368. The monoisotopic (exact) mass is 433 g/mol. The summed E-state index contributed by atoms with van der Waals surface area (Å²) >= 11 is 0. The lowest BCUT2D eigenvalue weighted by molar-refractivity contribution is -0.121. The first kappa shape index (κ1) is 22.8. The number of nitrogens with one attached hydrogen (secondary N) is 1. The van der Waals surface area contributed by atoms with Gasteiger partial charge in [-0.25, -0.2) is 4.98 Å². The van der Waals surface area contributed by atoms with Gasteiger partial charge in [0.1, 0.15) is 11.5 Å². The van der Waals surface area contributed by atoms with Crippen LogP contribution >= 0.6 is 0 Å². The summed E-state index contributed by atoms with van der Waals surface area (Å²) in [5, 5.41) is 16.2. The zero-order chi connectivity index (χ0) is 22.9. The average Bonchev–Trinajstić information content (AvgIpc) is 3.08. The number of nitriles is 1. The van der Waals surface area contributed by atoms with Gasteiger partial charge in [-0.1, -0.05) is 12.1 Å². The standard InChI is InChI=1S/C24H27N5O3/c1-17-22(18(2)29(28-17)13-5-12-25)9-10-23(30)26-15-19-8-11-24(27-16-19)32-21-7-4-6-20(14-21)31-3/h4,6-8,11,14,16H,5,9-10,13,15H2,1-3H3,(H,26,30). The molecular formula is C24H27N5O3. The Balaban J connectivity index is 1.48. The molecule has 0 unspecified atom stereocenters. The highest BCUT2D eigenvalue weighted by molar-refractivity contribution is 5.76. The molecule has 0 spiro atoms. The van der Waals surface area contributed by atoms with E-state index in [2.05, 4.69) is 21.5 Å². The Morgan fingerprint density at radius 2 is 2.03 bits per heavy atom. The molecule has 0 aliphatic heterocycles. The molecule has 2 heterocycles. The van der Waals surface area contributed by atoms with E-state index in [0.717, 1.165) is 22.5 Å². The van der Waals surface area contributed by atoms with Crippen LogP contribution in [0.25, 0.3) is 0 Å². The zero-order valence-corrected chi connectivity index (χ0v) is 18.6. The molecule has 0 atom stereocenters. The van der Waals surface area contributed by atoms with Crippen LogP contribution in [0, 0.1) is 25.2 Å². The Labute approximate surface area is 187 Å². The number of carbonyl (C=O) groups is 1. The summed E-state index contributed by atoms with van der Waals surface area (Å²) in [5.74, 6) is 1.78. The highest BCUT2D eigenvalue weighted by Gasteiger charge is 2.13. The summed E-state index contributed by atoms with van der Waals surface area (Å²) in [6.07, 6.45) is 3.08. The molecule has 3 aromatic rings. The Morgan fingerprint density at radius 1 is 1.22 bits per heavy atom. The number of ether oxygens (including phenoxy) is 2. The average molecular weight is 434 g/mol. The molecule has 0 saturated heterocycles. The van der Waals surface area contributed by atoms with E-state index in [-0.39, 0.29) is 5.91 Å². The van der Waals surface area contributed by atoms with Crippen LogP contribution in [-0.2, 0) is 24.3 Å². The summed E-state index contributed by atoms with van der Waals surface area (Å²) in [7, 11) is 1.60. The van der Waals surface area contributed by atoms with Gasteiger partial charge in [0, 0.05) is 37.0 Å². The largest absolute Gasteiger partial charge is 0.497 e. The Hall–Kier alpha value is -3.86. The summed E-state index contributed by atoms with van der Waals surface area (Å²) in [5.41, 5.74) is 3.87. The number of carbonyl (C=O) groups excluding carboxylic acids is 1. The van der Waals surface area contributed by atoms with Crippen molar-refractivity contribution in [1.29, 1.82) is 5.26 Å². The van der Waals surface area contributed by atoms with Gasteiger partial charge in [0.2, 0.25) is 11.8 Å². The quantitative estimate of drug-likeness (QED) is 0.521. The number of pyridine rings is 1. The fourth-order valence-corrected chi connectivity index (χ4v) is 3.36. The molecule has 0 aliphatic carbocycles. The predicted molar refractivity (Wildman–Crippen MR) is 119 cm³/mol. The number of amides is 1. The summed E-state index contributed by atoms with van der Waals surface area (Å²) < 4.78 is 12.8. The number of hydrogen-bond donors (Lipinski definition) is 1. The lowest BCUT2D eigenvalue weighted by Crippen LogP contribution is -2.23. The van der Waals surface area contributed by atoms with Crippen molar-refractivity contribution in [2.45, 2.75) is 46.2 Å². The van der Waals surface area contributed by atoms with E-state index >= 15 is 0 Å². The van der Waals surface area contributed by atoms with Gasteiger partial charge in [0.15, 0.2) is 0 Å². The zero-order valence-electron chi connectivity index (χ0n) is 18.6. The number of aryl methyl sites for hydroxylation is 2. The topological polar surface area (TPSA) is 102 Å². The van der Waals surface area contributed by atoms with Crippen molar-refractivity contribution in [2.24, 2.45) is 0 Å². The summed E-state index contributed by atoms with van der Waals surface area (Å²) in [6, 6.07) is 13.1. The lowest BCUT2D eigenvalue weighted by Gasteiger charge is -2.08. The van der Waals surface area contributed by atoms with Crippen LogP contribution in [-0.4, -0.2) is 27.8 Å². The number of methoxy groups -OCH3 is 1. The first-order valence-corrected chi connectivity index (χ1v) is 10.4. The molecule has 0 fully saturated rings. The fraction of sp³-hybridized carbons (Fsp3) is 0.333. The SMILES string of the molecule is COc1cccc(Oc2ccc(CNC(=O)CCc3c(C)nn(CCC#N)c3C)cn2)c1. The number of aromatic nitrogens is 3. The van der Waals surface area contributed by atoms with E-state index in [0.29, 0.717) is 49.7 Å². The molecule has 8 nitrogen and oxygen atoms in total. The van der Waals surface area contributed by atoms with Crippen LogP contribution in [0.4, 0.5) is 0 Å². The normalized spacial score (nSPS) is 10.4. The van der Waals surface area contributed by atoms with E-state index in [1.165, 1.54) is 0 Å². The molecule has 1 N–H and O–H groups in total. The van der Waals surface area contributed by atoms with E-state index in [9.17, 15) is 4.79 Å². The minimum atomic E-state index is -0.0368. The maximum absolute atomic E-state index is 12.3. The van der Waals surface area contributed by atoms with Crippen molar-refractivity contribution in [3.63, 3.8) is 0 Å². The van der Waals surface area contributed by atoms with Crippen molar-refractivity contribution in [3.8, 4) is 23.4 Å². The minimum Gasteiger partial charge on any atom is -0.497 e. The van der Waals surface area contributed by atoms with Gasteiger partial charge >= 0.3 is 0 Å². The Bertz CT molecular complexity index is 1100. The molecule has 1 amide bonds. The molecule has 166 valence electrons. The van der Waals surface area contributed by atoms with Gasteiger partial charge in [0.25, 0.3) is 0 Å². The first-order chi connectivity index (χ1) is 15.5. The third kappa shape index (κ3) is 6.08. The number of hydrogen-bond acceptors (Lipinski definition) is 6. The highest BCUT2D eigenvalue weighted by atomic mass is 16.5. The van der Waals surface area contributed by atoms with Crippen molar-refractivity contribution in [2.75, 3.05) is 7.11 Å². The van der Waals surface area contributed by atoms with Crippen LogP contribution in [0.3, 0.4) is 0 Å². The smallest absolute Gasteiger partial charge is 0.220 e. The van der Waals surface area contributed by atoms with E-state index in [1.807, 2.05) is 42.8 Å². The van der Waals surface area contributed by atoms with Gasteiger partial charge in [-0.3, -0.25) is 9.48 Å². The molecule has 8 heteroatoms. The molecule has 0 saturated carbocycles. The Kier molecular flexibility index (Phi) is 7.81. The van der Waals surface area contributed by atoms with E-state index in [1.54, 1.807) is 25.4 Å². The first-order valence-electron chi connectivity index (χ1n) is 10.4. The van der Waals surface area contributed by atoms with Crippen LogP contribution in [0.5, 0.6) is 17.4 Å². The number of benzene rings is 1. The second-order valence-electron chi connectivity index (χ2n) is 7.34. The molecule has 0 bridgehead atoms. The molecule has 0 aliphatic rings. The number of nitrogens with zero attached hydrogens (tertiary/aromatic N) is 4. The lowest BCUT2D eigenvalue weighted by atomic mass is 10.1. The molecular weight excluding hydrogens is 406 g/mol. The van der Waals surface area contributed by atoms with Crippen LogP contribution in [0.1, 0.15) is 35.4 Å². The second kappa shape index (κ2) is 11.0. The van der Waals surface area contributed by atoms with Gasteiger partial charge in [-0.2, -0.15) is 10.4 Å². The highest BCUT2D eigenvalue weighted by Crippen LogP contribution is 2.23. The van der Waals surface area contributed by atoms with Crippen LogP contribution in [0.15, 0.2) is 42.6 Å². The third-order valence-corrected chi connectivity index (χ3v) is 5.12. The maximum Gasteiger partial charge on any atom is 0.220 e. The molecule has 1 aromatic carbocycles. The van der Waals surface area contributed by atoms with Gasteiger partial charge < -0.3 is 14.8 Å². The fourth-order valence-electron chi connectivity index (χ4n) is 3.36. The predicted octanol–water partition coefficient (Wildman–Crippen LogP) is 3.86. The Morgan fingerprint density at radius 3 is 2.75 bits per heavy atom. The molecule has 3 rings (SSSR count). The summed E-state index contributed by atoms with van der Waals surface area (Å²) in [4.78, 5) is 16.6. The van der Waals surface area contributed by atoms with Crippen LogP contribution in [0.2, 0.25) is 0 Å².